The largest absolute Gasteiger partial charge is 0.416 e. The van der Waals surface area contributed by atoms with E-state index >= 15 is 0 Å². The lowest BCUT2D eigenvalue weighted by molar-refractivity contribution is -0.137. The van der Waals surface area contributed by atoms with Gasteiger partial charge in [0.25, 0.3) is 0 Å². The number of rotatable bonds is 5. The van der Waals surface area contributed by atoms with Crippen molar-refractivity contribution in [2.45, 2.75) is 19.5 Å². The number of carbonyl (C=O) groups excluding carboxylic acids is 1. The maximum atomic E-state index is 12.4. The summed E-state index contributed by atoms with van der Waals surface area (Å²) in [5.41, 5.74) is 4.61. The summed E-state index contributed by atoms with van der Waals surface area (Å²) in [7, 11) is 0. The molecule has 0 aromatic heterocycles. The Morgan fingerprint density at radius 2 is 2.11 bits per heavy atom. The fourth-order valence-electron chi connectivity index (χ4n) is 1.35. The molecule has 19 heavy (non-hydrogen) atoms. The molecule has 0 atom stereocenters. The summed E-state index contributed by atoms with van der Waals surface area (Å²) in [6.07, 6.45) is -3.68. The number of halogens is 3. The van der Waals surface area contributed by atoms with Crippen LogP contribution in [0.3, 0.4) is 0 Å². The summed E-state index contributed by atoms with van der Waals surface area (Å²) in [6.45, 7) is 2.18. The number of hydrogen-bond donors (Lipinski definition) is 2. The Morgan fingerprint density at radius 1 is 1.42 bits per heavy atom. The zero-order valence-corrected chi connectivity index (χ0v) is 10.4. The van der Waals surface area contributed by atoms with E-state index in [0.29, 0.717) is 6.61 Å². The van der Waals surface area contributed by atoms with Gasteiger partial charge in [0, 0.05) is 6.61 Å². The van der Waals surface area contributed by atoms with Crippen molar-refractivity contribution in [2.24, 2.45) is 0 Å². The minimum Gasteiger partial charge on any atom is -0.397 e. The van der Waals surface area contributed by atoms with Crippen LogP contribution in [0.5, 0.6) is 0 Å². The molecule has 0 fully saturated rings. The van der Waals surface area contributed by atoms with Crippen molar-refractivity contribution >= 4 is 17.3 Å². The second-order valence-corrected chi connectivity index (χ2v) is 3.90. The maximum Gasteiger partial charge on any atom is 0.416 e. The third-order valence-corrected chi connectivity index (χ3v) is 2.23. The first-order chi connectivity index (χ1) is 8.84. The molecule has 7 heteroatoms. The number of hydrogen-bond acceptors (Lipinski definition) is 3. The molecule has 1 amide bonds. The number of alkyl halides is 3. The Kier molecular flexibility index (Phi) is 5.17. The smallest absolute Gasteiger partial charge is 0.397 e. The number of amides is 1. The van der Waals surface area contributed by atoms with Crippen molar-refractivity contribution in [3.8, 4) is 0 Å². The van der Waals surface area contributed by atoms with Crippen LogP contribution in [-0.4, -0.2) is 19.1 Å². The van der Waals surface area contributed by atoms with Crippen molar-refractivity contribution < 1.29 is 22.7 Å². The molecule has 0 heterocycles. The van der Waals surface area contributed by atoms with E-state index in [9.17, 15) is 18.0 Å². The fraction of sp³-hybridized carbons (Fsp3) is 0.417. The summed E-state index contributed by atoms with van der Waals surface area (Å²) < 4.78 is 42.2. The number of carbonyl (C=O) groups is 1. The van der Waals surface area contributed by atoms with Crippen LogP contribution in [0.4, 0.5) is 24.5 Å². The van der Waals surface area contributed by atoms with Gasteiger partial charge in [-0.05, 0) is 24.6 Å². The topological polar surface area (TPSA) is 64.3 Å². The van der Waals surface area contributed by atoms with Gasteiger partial charge in [0.1, 0.15) is 6.61 Å². The Labute approximate surface area is 108 Å². The predicted octanol–water partition coefficient (Wildman–Crippen LogP) is 2.65. The minimum atomic E-state index is -4.46. The number of ether oxygens (including phenoxy) is 1. The average molecular weight is 276 g/mol. The van der Waals surface area contributed by atoms with Gasteiger partial charge in [-0.3, -0.25) is 4.79 Å². The quantitative estimate of drug-likeness (QED) is 0.642. The van der Waals surface area contributed by atoms with Crippen molar-refractivity contribution in [3.63, 3.8) is 0 Å². The molecule has 4 nitrogen and oxygen atoms in total. The van der Waals surface area contributed by atoms with E-state index in [1.807, 2.05) is 6.92 Å². The highest BCUT2D eigenvalue weighted by Crippen LogP contribution is 2.32. The Balaban J connectivity index is 2.67. The van der Waals surface area contributed by atoms with Gasteiger partial charge in [-0.1, -0.05) is 6.92 Å². The molecule has 1 aromatic rings. The third kappa shape index (κ3) is 4.78. The average Bonchev–Trinajstić information content (AvgIpc) is 2.31. The zero-order chi connectivity index (χ0) is 14.5. The molecule has 3 N–H and O–H groups in total. The van der Waals surface area contributed by atoms with Crippen molar-refractivity contribution in [2.75, 3.05) is 24.3 Å². The molecule has 106 valence electrons. The minimum absolute atomic E-state index is 0.137. The van der Waals surface area contributed by atoms with Crippen LogP contribution >= 0.6 is 0 Å². The van der Waals surface area contributed by atoms with E-state index < -0.39 is 17.6 Å². The van der Waals surface area contributed by atoms with E-state index in [0.717, 1.165) is 24.6 Å². The van der Waals surface area contributed by atoms with E-state index in [1.54, 1.807) is 0 Å². The van der Waals surface area contributed by atoms with E-state index in [1.165, 1.54) is 0 Å². The zero-order valence-electron chi connectivity index (χ0n) is 10.4. The van der Waals surface area contributed by atoms with Crippen LogP contribution in [0.25, 0.3) is 0 Å². The van der Waals surface area contributed by atoms with E-state index in [2.05, 4.69) is 5.32 Å². The highest BCUT2D eigenvalue weighted by molar-refractivity contribution is 5.94. The molecule has 0 aliphatic heterocycles. The summed E-state index contributed by atoms with van der Waals surface area (Å²) >= 11 is 0. The molecule has 0 spiro atoms. The highest BCUT2D eigenvalue weighted by Gasteiger charge is 2.30. The van der Waals surface area contributed by atoms with Gasteiger partial charge in [0.15, 0.2) is 0 Å². The first-order valence-electron chi connectivity index (χ1n) is 5.69. The Morgan fingerprint density at radius 3 is 2.63 bits per heavy atom. The standard InChI is InChI=1S/C12H15F3N2O2/c1-2-5-19-7-11(18)17-10-4-3-8(6-9(10)16)12(13,14)15/h3-4,6H,2,5,7,16H2,1H3,(H,17,18). The van der Waals surface area contributed by atoms with Gasteiger partial charge >= 0.3 is 6.18 Å². The van der Waals surface area contributed by atoms with Crippen molar-refractivity contribution in [1.82, 2.24) is 0 Å². The molecular formula is C12H15F3N2O2. The number of nitrogen functional groups attached to an aromatic ring is 1. The monoisotopic (exact) mass is 276 g/mol. The van der Waals surface area contributed by atoms with Gasteiger partial charge in [0.05, 0.1) is 16.9 Å². The van der Waals surface area contributed by atoms with Crippen LogP contribution in [-0.2, 0) is 15.7 Å². The summed E-state index contributed by atoms with van der Waals surface area (Å²) in [5, 5.41) is 2.39. The van der Waals surface area contributed by atoms with Crippen molar-refractivity contribution in [3.05, 3.63) is 23.8 Å². The lowest BCUT2D eigenvalue weighted by Gasteiger charge is -2.11. The molecular weight excluding hydrogens is 261 g/mol. The first kappa shape index (κ1) is 15.3. The van der Waals surface area contributed by atoms with Crippen LogP contribution in [0.2, 0.25) is 0 Å². The molecule has 0 aliphatic rings. The van der Waals surface area contributed by atoms with Gasteiger partial charge in [0.2, 0.25) is 5.91 Å². The molecule has 0 unspecified atom stereocenters. The van der Waals surface area contributed by atoms with Gasteiger partial charge in [-0.2, -0.15) is 13.2 Å². The van der Waals surface area contributed by atoms with Crippen LogP contribution < -0.4 is 11.1 Å². The summed E-state index contributed by atoms with van der Waals surface area (Å²) in [4.78, 5) is 11.4. The third-order valence-electron chi connectivity index (χ3n) is 2.23. The number of anilines is 2. The molecule has 0 radical (unpaired) electrons. The number of benzene rings is 1. The second-order valence-electron chi connectivity index (χ2n) is 3.90. The highest BCUT2D eigenvalue weighted by atomic mass is 19.4. The second kappa shape index (κ2) is 6.42. The molecule has 1 rings (SSSR count). The summed E-state index contributed by atoms with van der Waals surface area (Å²) in [5.74, 6) is -0.458. The maximum absolute atomic E-state index is 12.4. The Bertz CT molecular complexity index is 447. The fourth-order valence-corrected chi connectivity index (χ4v) is 1.35. The van der Waals surface area contributed by atoms with Gasteiger partial charge in [-0.25, -0.2) is 0 Å². The number of nitrogens with two attached hydrogens (primary N) is 1. The lowest BCUT2D eigenvalue weighted by Crippen LogP contribution is -2.19. The first-order valence-corrected chi connectivity index (χ1v) is 5.69. The lowest BCUT2D eigenvalue weighted by atomic mass is 10.1. The molecule has 0 saturated carbocycles. The SMILES string of the molecule is CCCOCC(=O)Nc1ccc(C(F)(F)F)cc1N. The van der Waals surface area contributed by atoms with Crippen LogP contribution in [0, 0.1) is 0 Å². The Hall–Kier alpha value is -1.76. The molecule has 0 aliphatic carbocycles. The van der Waals surface area contributed by atoms with Crippen LogP contribution in [0.1, 0.15) is 18.9 Å². The molecule has 1 aromatic carbocycles. The predicted molar refractivity (Wildman–Crippen MR) is 65.6 cm³/mol. The molecule has 0 saturated heterocycles. The van der Waals surface area contributed by atoms with Crippen molar-refractivity contribution in [1.29, 1.82) is 0 Å². The normalized spacial score (nSPS) is 11.4. The van der Waals surface area contributed by atoms with Gasteiger partial charge in [-0.15, -0.1) is 0 Å². The van der Waals surface area contributed by atoms with Gasteiger partial charge < -0.3 is 15.8 Å². The molecule has 0 bridgehead atoms. The van der Waals surface area contributed by atoms with E-state index in [-0.39, 0.29) is 18.0 Å². The van der Waals surface area contributed by atoms with Crippen LogP contribution in [0.15, 0.2) is 18.2 Å². The summed E-state index contributed by atoms with van der Waals surface area (Å²) in [6, 6.07) is 2.76. The number of nitrogens with one attached hydrogen (secondary N) is 1. The van der Waals surface area contributed by atoms with E-state index in [4.69, 9.17) is 10.5 Å².